The lowest BCUT2D eigenvalue weighted by Crippen LogP contribution is -2.59. The van der Waals surface area contributed by atoms with Crippen molar-refractivity contribution in [3.63, 3.8) is 0 Å². The van der Waals surface area contributed by atoms with Gasteiger partial charge in [-0.3, -0.25) is 19.2 Å². The van der Waals surface area contributed by atoms with Gasteiger partial charge in [0.05, 0.1) is 36.6 Å². The average molecular weight is 652 g/mol. The second kappa shape index (κ2) is 15.2. The van der Waals surface area contributed by atoms with E-state index in [1.54, 1.807) is 29.0 Å². The second-order valence-electron chi connectivity index (χ2n) is 14.0. The zero-order valence-corrected chi connectivity index (χ0v) is 28.8. The third kappa shape index (κ3) is 6.90. The van der Waals surface area contributed by atoms with E-state index < -0.39 is 53.7 Å². The number of benzene rings is 1. The van der Waals surface area contributed by atoms with Crippen LogP contribution in [-0.2, 0) is 28.7 Å². The Kier molecular flexibility index (Phi) is 11.7. The highest BCUT2D eigenvalue weighted by Crippen LogP contribution is 2.59. The van der Waals surface area contributed by atoms with E-state index in [0.29, 0.717) is 25.7 Å². The van der Waals surface area contributed by atoms with E-state index >= 15 is 0 Å². The molecule has 3 aliphatic heterocycles. The summed E-state index contributed by atoms with van der Waals surface area (Å²) in [6.07, 6.45) is 4.16. The molecule has 3 heterocycles. The molecule has 0 saturated carbocycles. The van der Waals surface area contributed by atoms with Gasteiger partial charge in [-0.25, -0.2) is 0 Å². The molecule has 8 atom stereocenters. The smallest absolute Gasteiger partial charge is 0.313 e. The van der Waals surface area contributed by atoms with Crippen LogP contribution in [0.5, 0.6) is 0 Å². The lowest BCUT2D eigenvalue weighted by molar-refractivity contribution is -0.165. The van der Waals surface area contributed by atoms with Gasteiger partial charge in [-0.1, -0.05) is 56.3 Å². The summed E-state index contributed by atoms with van der Waals surface area (Å²) in [6.45, 7) is 17.2. The Morgan fingerprint density at radius 3 is 2.38 bits per heavy atom. The number of fused-ring (bicyclic) bond motifs is 1. The number of amides is 3. The van der Waals surface area contributed by atoms with Crippen LogP contribution >= 0.6 is 0 Å². The summed E-state index contributed by atoms with van der Waals surface area (Å²) in [5.41, 5.74) is -0.510. The van der Waals surface area contributed by atoms with Gasteiger partial charge in [0.25, 0.3) is 0 Å². The van der Waals surface area contributed by atoms with E-state index in [-0.39, 0.29) is 49.3 Å². The Bertz CT molecular complexity index is 1320. The zero-order valence-electron chi connectivity index (χ0n) is 28.8. The minimum absolute atomic E-state index is 0.103. The SMILES string of the molecule is C=CCCC(=O)N(C)[C@@H](C)[C@@H](OC(=O)[C@@H]1[C@H]2C(=O)N([C@@H](CO)CC(C)C)[C@H](C(=O)N(CC=C)C(C)C)[C@]23CC[C@H]1O3)c1ccccc1. The third-order valence-corrected chi connectivity index (χ3v) is 10.2. The predicted octanol–water partition coefficient (Wildman–Crippen LogP) is 4.29. The van der Waals surface area contributed by atoms with Gasteiger partial charge in [0.2, 0.25) is 17.7 Å². The van der Waals surface area contributed by atoms with Gasteiger partial charge in [0, 0.05) is 26.1 Å². The molecule has 10 nitrogen and oxygen atoms in total. The molecule has 1 N–H and O–H groups in total. The number of hydrogen-bond acceptors (Lipinski definition) is 7. The van der Waals surface area contributed by atoms with Crippen LogP contribution in [0, 0.1) is 17.8 Å². The molecule has 1 aromatic carbocycles. The van der Waals surface area contributed by atoms with Gasteiger partial charge < -0.3 is 29.3 Å². The topological polar surface area (TPSA) is 117 Å². The number of rotatable bonds is 16. The molecule has 0 radical (unpaired) electrons. The first-order chi connectivity index (χ1) is 22.3. The van der Waals surface area contributed by atoms with E-state index in [2.05, 4.69) is 13.2 Å². The van der Waals surface area contributed by atoms with Gasteiger partial charge in [-0.05, 0) is 57.9 Å². The fraction of sp³-hybridized carbons (Fsp3) is 0.622. The van der Waals surface area contributed by atoms with Crippen LogP contribution in [0.1, 0.15) is 78.4 Å². The highest BCUT2D eigenvalue weighted by Gasteiger charge is 2.75. The van der Waals surface area contributed by atoms with Crippen LogP contribution < -0.4 is 0 Å². The molecule has 258 valence electrons. The first-order valence-corrected chi connectivity index (χ1v) is 17.0. The van der Waals surface area contributed by atoms with Crippen molar-refractivity contribution in [1.82, 2.24) is 14.7 Å². The summed E-state index contributed by atoms with van der Waals surface area (Å²) < 4.78 is 13.0. The monoisotopic (exact) mass is 651 g/mol. The molecule has 0 aliphatic carbocycles. The van der Waals surface area contributed by atoms with Crippen LogP contribution in [0.3, 0.4) is 0 Å². The number of likely N-dealkylation sites (N-methyl/N-ethyl adjacent to an activating group) is 1. The molecule has 1 aromatic rings. The molecular weight excluding hydrogens is 598 g/mol. The summed E-state index contributed by atoms with van der Waals surface area (Å²) in [5, 5.41) is 10.6. The molecule has 47 heavy (non-hydrogen) atoms. The van der Waals surface area contributed by atoms with Crippen molar-refractivity contribution in [3.05, 3.63) is 61.2 Å². The van der Waals surface area contributed by atoms with Crippen LogP contribution in [0.2, 0.25) is 0 Å². The number of ether oxygens (including phenoxy) is 2. The molecule has 3 fully saturated rings. The molecule has 0 unspecified atom stereocenters. The first-order valence-electron chi connectivity index (χ1n) is 17.0. The number of aliphatic hydroxyl groups is 1. The minimum atomic E-state index is -1.23. The van der Waals surface area contributed by atoms with E-state index in [1.807, 2.05) is 65.0 Å². The number of aliphatic hydroxyl groups excluding tert-OH is 1. The van der Waals surface area contributed by atoms with E-state index in [0.717, 1.165) is 5.56 Å². The van der Waals surface area contributed by atoms with Crippen LogP contribution in [0.4, 0.5) is 0 Å². The lowest BCUT2D eigenvalue weighted by Gasteiger charge is -2.40. The number of likely N-dealkylation sites (tertiary alicyclic amines) is 1. The third-order valence-electron chi connectivity index (χ3n) is 10.2. The molecular formula is C37H53N3O7. The highest BCUT2D eigenvalue weighted by molar-refractivity contribution is 5.98. The van der Waals surface area contributed by atoms with Crippen molar-refractivity contribution in [2.24, 2.45) is 17.8 Å². The second-order valence-corrected chi connectivity index (χ2v) is 14.0. The molecule has 2 bridgehead atoms. The quantitative estimate of drug-likeness (QED) is 0.210. The number of allylic oxidation sites excluding steroid dienone is 1. The van der Waals surface area contributed by atoms with Gasteiger partial charge >= 0.3 is 5.97 Å². The lowest BCUT2D eigenvalue weighted by atomic mass is 9.70. The molecule has 1 spiro atoms. The maximum Gasteiger partial charge on any atom is 0.313 e. The Morgan fingerprint density at radius 1 is 1.13 bits per heavy atom. The largest absolute Gasteiger partial charge is 0.455 e. The molecule has 3 amide bonds. The Balaban J connectivity index is 1.73. The average Bonchev–Trinajstić information content (AvgIpc) is 3.70. The highest BCUT2D eigenvalue weighted by atomic mass is 16.6. The minimum Gasteiger partial charge on any atom is -0.455 e. The van der Waals surface area contributed by atoms with Crippen LogP contribution in [-0.4, -0.2) is 99.6 Å². The first kappa shape index (κ1) is 36.3. The van der Waals surface area contributed by atoms with Crippen molar-refractivity contribution in [2.75, 3.05) is 20.2 Å². The van der Waals surface area contributed by atoms with Gasteiger partial charge in [-0.2, -0.15) is 0 Å². The normalized spacial score (nSPS) is 26.6. The fourth-order valence-corrected chi connectivity index (χ4v) is 7.83. The van der Waals surface area contributed by atoms with Crippen molar-refractivity contribution in [3.8, 4) is 0 Å². The molecule has 4 rings (SSSR count). The Labute approximate surface area is 279 Å². The summed E-state index contributed by atoms with van der Waals surface area (Å²) >= 11 is 0. The molecule has 3 aliphatic rings. The van der Waals surface area contributed by atoms with Gasteiger partial charge in [0.15, 0.2) is 0 Å². The molecule has 3 saturated heterocycles. The number of nitrogens with zero attached hydrogens (tertiary/aromatic N) is 3. The Morgan fingerprint density at radius 2 is 1.81 bits per heavy atom. The van der Waals surface area contributed by atoms with Gasteiger partial charge in [0.1, 0.15) is 17.7 Å². The number of esters is 1. The van der Waals surface area contributed by atoms with Gasteiger partial charge in [-0.15, -0.1) is 13.2 Å². The number of carbonyl (C=O) groups excluding carboxylic acids is 4. The van der Waals surface area contributed by atoms with E-state index in [9.17, 15) is 24.3 Å². The van der Waals surface area contributed by atoms with Crippen molar-refractivity contribution in [2.45, 2.75) is 109 Å². The summed E-state index contributed by atoms with van der Waals surface area (Å²) in [7, 11) is 1.69. The summed E-state index contributed by atoms with van der Waals surface area (Å²) in [4.78, 5) is 61.2. The summed E-state index contributed by atoms with van der Waals surface area (Å²) in [6, 6.07) is 6.95. The van der Waals surface area contributed by atoms with Crippen molar-refractivity contribution in [1.29, 1.82) is 0 Å². The van der Waals surface area contributed by atoms with E-state index in [4.69, 9.17) is 9.47 Å². The van der Waals surface area contributed by atoms with Crippen LogP contribution in [0.15, 0.2) is 55.6 Å². The number of hydrogen-bond donors (Lipinski definition) is 1. The zero-order chi connectivity index (χ0) is 34.6. The Hall–Kier alpha value is -3.50. The maximum absolute atomic E-state index is 14.6. The van der Waals surface area contributed by atoms with Crippen molar-refractivity contribution >= 4 is 23.7 Å². The van der Waals surface area contributed by atoms with Crippen molar-refractivity contribution < 1.29 is 33.8 Å². The standard InChI is InChI=1S/C37H53N3O7/c1-9-11-17-29(42)38(8)25(7)32(26-15-13-12-14-16-26)46-36(45)30-28-18-19-37(47-28)31(30)34(43)40(27(22-41)21-23(3)4)33(37)35(44)39(20-10-2)24(5)6/h9-10,12-16,23-25,27-28,30-33,41H,1-2,11,17-22H2,3-8H3/t25-,27+,28+,30-,31-,32+,33+,37-/m0/s1. The summed E-state index contributed by atoms with van der Waals surface area (Å²) in [5.74, 6) is -3.08. The van der Waals surface area contributed by atoms with Crippen LogP contribution in [0.25, 0.3) is 0 Å². The number of carbonyl (C=O) groups is 4. The molecule has 10 heteroatoms. The fourth-order valence-electron chi connectivity index (χ4n) is 7.83. The maximum atomic E-state index is 14.6. The van der Waals surface area contributed by atoms with E-state index in [1.165, 1.54) is 4.90 Å². The predicted molar refractivity (Wildman–Crippen MR) is 179 cm³/mol. The molecule has 0 aromatic heterocycles.